The molecule has 3 amide bonds. The fraction of sp³-hybridized carbons (Fsp3) is 0.333. The Bertz CT molecular complexity index is 874. The monoisotopic (exact) mass is 333 g/mol. The van der Waals surface area contributed by atoms with E-state index in [1.54, 1.807) is 0 Å². The number of hydrogen-bond acceptors (Lipinski definition) is 5. The minimum atomic E-state index is -0.994. The lowest BCUT2D eigenvalue weighted by atomic mass is 9.89. The molecule has 2 fully saturated rings. The molecule has 0 aliphatic carbocycles. The van der Waals surface area contributed by atoms with Gasteiger partial charge in [0.15, 0.2) is 11.6 Å². The highest BCUT2D eigenvalue weighted by Gasteiger charge is 2.48. The van der Waals surface area contributed by atoms with Gasteiger partial charge in [0, 0.05) is 18.7 Å². The summed E-state index contributed by atoms with van der Waals surface area (Å²) >= 11 is 0. The van der Waals surface area contributed by atoms with E-state index in [1.165, 1.54) is 6.20 Å². The number of halogens is 2. The molecular formula is C15H13F2N5O2. The molecule has 1 atom stereocenters. The van der Waals surface area contributed by atoms with Crippen LogP contribution in [0, 0.1) is 11.6 Å². The first-order valence-corrected chi connectivity index (χ1v) is 7.47. The zero-order chi connectivity index (χ0) is 16.9. The molecule has 9 heteroatoms. The Labute approximate surface area is 135 Å². The number of nitrogens with one attached hydrogen (secondary N) is 2. The lowest BCUT2D eigenvalue weighted by molar-refractivity contribution is -0.124. The average molecular weight is 333 g/mol. The van der Waals surface area contributed by atoms with Gasteiger partial charge in [-0.3, -0.25) is 15.1 Å². The van der Waals surface area contributed by atoms with Crippen molar-refractivity contribution in [1.29, 1.82) is 0 Å². The molecule has 1 aromatic heterocycles. The number of fused-ring (bicyclic) bond motifs is 1. The smallest absolute Gasteiger partial charge is 0.322 e. The number of benzene rings is 1. The quantitative estimate of drug-likeness (QED) is 0.763. The van der Waals surface area contributed by atoms with Crippen LogP contribution in [-0.2, 0) is 4.79 Å². The van der Waals surface area contributed by atoms with E-state index in [0.717, 1.165) is 12.1 Å². The predicted molar refractivity (Wildman–Crippen MR) is 80.3 cm³/mol. The number of carbonyl (C=O) groups is 2. The largest absolute Gasteiger partial charge is 0.352 e. The van der Waals surface area contributed by atoms with E-state index in [0.29, 0.717) is 25.2 Å². The summed E-state index contributed by atoms with van der Waals surface area (Å²) in [4.78, 5) is 33.8. The van der Waals surface area contributed by atoms with Crippen molar-refractivity contribution in [2.75, 3.05) is 18.0 Å². The highest BCUT2D eigenvalue weighted by atomic mass is 19.2. The molecule has 2 N–H and O–H groups in total. The van der Waals surface area contributed by atoms with Crippen LogP contribution in [0.4, 0.5) is 19.4 Å². The lowest BCUT2D eigenvalue weighted by Gasteiger charge is -2.38. The van der Waals surface area contributed by atoms with Gasteiger partial charge in [-0.05, 0) is 12.8 Å². The normalized spacial score (nSPS) is 23.7. The Morgan fingerprint density at radius 1 is 1.17 bits per heavy atom. The number of nitrogens with zero attached hydrogens (tertiary/aromatic N) is 3. The third kappa shape index (κ3) is 2.24. The number of aromatic nitrogens is 2. The summed E-state index contributed by atoms with van der Waals surface area (Å²) in [5.74, 6) is -1.89. The molecule has 2 aromatic rings. The topological polar surface area (TPSA) is 87.2 Å². The van der Waals surface area contributed by atoms with Crippen LogP contribution < -0.4 is 15.5 Å². The van der Waals surface area contributed by atoms with Crippen LogP contribution in [0.15, 0.2) is 18.3 Å². The van der Waals surface area contributed by atoms with Crippen LogP contribution in [0.25, 0.3) is 11.0 Å². The minimum Gasteiger partial charge on any atom is -0.352 e. The maximum absolute atomic E-state index is 13.4. The molecular weight excluding hydrogens is 320 g/mol. The Morgan fingerprint density at radius 2 is 1.92 bits per heavy atom. The molecule has 7 nitrogen and oxygen atoms in total. The molecule has 2 aliphatic rings. The van der Waals surface area contributed by atoms with Crippen molar-refractivity contribution in [1.82, 2.24) is 20.6 Å². The summed E-state index contributed by atoms with van der Waals surface area (Å²) in [6, 6.07) is 1.47. The lowest BCUT2D eigenvalue weighted by Crippen LogP contribution is -2.58. The van der Waals surface area contributed by atoms with Crippen molar-refractivity contribution in [3.63, 3.8) is 0 Å². The maximum atomic E-state index is 13.4. The molecule has 0 bridgehead atoms. The van der Waals surface area contributed by atoms with Crippen molar-refractivity contribution in [3.8, 4) is 0 Å². The van der Waals surface area contributed by atoms with Gasteiger partial charge in [-0.1, -0.05) is 0 Å². The van der Waals surface area contributed by atoms with Crippen molar-refractivity contribution in [3.05, 3.63) is 30.0 Å². The van der Waals surface area contributed by atoms with E-state index in [1.807, 2.05) is 4.90 Å². The third-order valence-electron chi connectivity index (χ3n) is 4.40. The molecule has 1 aromatic carbocycles. The van der Waals surface area contributed by atoms with Crippen molar-refractivity contribution in [2.45, 2.75) is 18.4 Å². The third-order valence-corrected chi connectivity index (χ3v) is 4.40. The van der Waals surface area contributed by atoms with E-state index in [2.05, 4.69) is 20.6 Å². The Hall–Kier alpha value is -2.84. The number of imide groups is 1. The van der Waals surface area contributed by atoms with Crippen molar-refractivity contribution >= 4 is 28.8 Å². The first-order valence-electron chi connectivity index (χ1n) is 7.47. The van der Waals surface area contributed by atoms with E-state index < -0.39 is 23.2 Å². The van der Waals surface area contributed by atoms with Crippen LogP contribution >= 0.6 is 0 Å². The maximum Gasteiger partial charge on any atom is 0.322 e. The molecule has 4 rings (SSSR count). The Kier molecular flexibility index (Phi) is 3.12. The molecule has 0 radical (unpaired) electrons. The van der Waals surface area contributed by atoms with Gasteiger partial charge in [0.2, 0.25) is 0 Å². The summed E-state index contributed by atoms with van der Waals surface area (Å²) in [5, 5.41) is 4.92. The second-order valence-electron chi connectivity index (χ2n) is 6.00. The Morgan fingerprint density at radius 3 is 2.62 bits per heavy atom. The zero-order valence-electron chi connectivity index (χ0n) is 12.5. The summed E-state index contributed by atoms with van der Waals surface area (Å²) in [6.07, 6.45) is 2.65. The number of anilines is 1. The summed E-state index contributed by atoms with van der Waals surface area (Å²) < 4.78 is 26.6. The van der Waals surface area contributed by atoms with Gasteiger partial charge < -0.3 is 10.2 Å². The van der Waals surface area contributed by atoms with Gasteiger partial charge in [-0.15, -0.1) is 0 Å². The summed E-state index contributed by atoms with van der Waals surface area (Å²) in [7, 11) is 0. The van der Waals surface area contributed by atoms with Crippen LogP contribution in [-0.4, -0.2) is 40.5 Å². The van der Waals surface area contributed by atoms with Gasteiger partial charge >= 0.3 is 6.03 Å². The van der Waals surface area contributed by atoms with Gasteiger partial charge in [0.1, 0.15) is 11.4 Å². The van der Waals surface area contributed by atoms with Gasteiger partial charge in [-0.2, -0.15) is 0 Å². The summed E-state index contributed by atoms with van der Waals surface area (Å²) in [5.41, 5.74) is -0.512. The standard InChI is InChI=1S/C15H13F2N5O2/c16-8-4-10-11(5-9(8)17)19-12(6-18-10)22-3-1-2-15(7-22)13(23)20-14(24)21-15/h4-6H,1-3,7H2,(H2,20,21,23,24). The molecule has 2 aliphatic heterocycles. The van der Waals surface area contributed by atoms with Crippen LogP contribution in [0.2, 0.25) is 0 Å². The number of urea groups is 1. The van der Waals surface area contributed by atoms with Gasteiger partial charge in [-0.25, -0.2) is 18.6 Å². The Balaban J connectivity index is 1.68. The molecule has 1 unspecified atom stereocenters. The molecule has 1 spiro atoms. The fourth-order valence-electron chi connectivity index (χ4n) is 3.22. The zero-order valence-corrected chi connectivity index (χ0v) is 12.5. The van der Waals surface area contributed by atoms with Gasteiger partial charge in [0.05, 0.1) is 23.8 Å². The number of hydrogen-bond donors (Lipinski definition) is 2. The predicted octanol–water partition coefficient (Wildman–Crippen LogP) is 1.09. The van der Waals surface area contributed by atoms with Crippen molar-refractivity contribution < 1.29 is 18.4 Å². The van der Waals surface area contributed by atoms with E-state index in [4.69, 9.17) is 0 Å². The van der Waals surface area contributed by atoms with E-state index in [9.17, 15) is 18.4 Å². The van der Waals surface area contributed by atoms with E-state index in [-0.39, 0.29) is 23.5 Å². The van der Waals surface area contributed by atoms with Gasteiger partial charge in [0.25, 0.3) is 5.91 Å². The molecule has 3 heterocycles. The average Bonchev–Trinajstić information content (AvgIpc) is 2.81. The first-order chi connectivity index (χ1) is 11.5. The number of carbonyl (C=O) groups excluding carboxylic acids is 2. The van der Waals surface area contributed by atoms with Crippen LogP contribution in [0.1, 0.15) is 12.8 Å². The fourth-order valence-corrected chi connectivity index (χ4v) is 3.22. The first kappa shape index (κ1) is 14.7. The van der Waals surface area contributed by atoms with Crippen LogP contribution in [0.3, 0.4) is 0 Å². The number of piperidine rings is 1. The molecule has 124 valence electrons. The highest BCUT2D eigenvalue weighted by molar-refractivity contribution is 6.07. The number of amides is 3. The molecule has 2 saturated heterocycles. The minimum absolute atomic E-state index is 0.228. The molecule has 0 saturated carbocycles. The van der Waals surface area contributed by atoms with E-state index >= 15 is 0 Å². The second kappa shape index (κ2) is 5.08. The summed E-state index contributed by atoms with van der Waals surface area (Å²) in [6.45, 7) is 0.864. The molecule has 24 heavy (non-hydrogen) atoms. The highest BCUT2D eigenvalue weighted by Crippen LogP contribution is 2.28. The number of rotatable bonds is 1. The van der Waals surface area contributed by atoms with Crippen molar-refractivity contribution in [2.24, 2.45) is 0 Å². The van der Waals surface area contributed by atoms with Crippen LogP contribution in [0.5, 0.6) is 0 Å². The second-order valence-corrected chi connectivity index (χ2v) is 6.00. The SMILES string of the molecule is O=C1NC(=O)C2(CCCN(c3cnc4cc(F)c(F)cc4n3)C2)N1.